The standard InChI is InChI=1S/C12H20N4O2/c1-2-18-12-10(13)11(14-8-15-12)16-5-3-9(7-16)4-6-17/h8-9,17H,2-7,13H2,1H3. The van der Waals surface area contributed by atoms with Crippen molar-refractivity contribution >= 4 is 11.5 Å². The van der Waals surface area contributed by atoms with Gasteiger partial charge in [0.25, 0.3) is 0 Å². The summed E-state index contributed by atoms with van der Waals surface area (Å²) in [5.74, 6) is 1.71. The third kappa shape index (κ3) is 2.64. The number of hydrogen-bond donors (Lipinski definition) is 2. The Morgan fingerprint density at radius 1 is 1.56 bits per heavy atom. The van der Waals surface area contributed by atoms with Crippen LogP contribution in [-0.4, -0.2) is 41.4 Å². The molecule has 6 heteroatoms. The number of rotatable bonds is 5. The number of aliphatic hydroxyl groups is 1. The molecule has 1 aliphatic rings. The van der Waals surface area contributed by atoms with Crippen LogP contribution >= 0.6 is 0 Å². The number of aromatic nitrogens is 2. The smallest absolute Gasteiger partial charge is 0.242 e. The van der Waals surface area contributed by atoms with Crippen LogP contribution in [0.4, 0.5) is 11.5 Å². The molecule has 0 saturated carbocycles. The first-order valence-corrected chi connectivity index (χ1v) is 6.35. The molecule has 1 saturated heterocycles. The van der Waals surface area contributed by atoms with Crippen molar-refractivity contribution in [3.05, 3.63) is 6.33 Å². The van der Waals surface area contributed by atoms with Crippen LogP contribution in [0.3, 0.4) is 0 Å². The summed E-state index contributed by atoms with van der Waals surface area (Å²) >= 11 is 0. The minimum absolute atomic E-state index is 0.238. The first kappa shape index (κ1) is 12.9. The summed E-state index contributed by atoms with van der Waals surface area (Å²) in [5.41, 5.74) is 6.53. The lowest BCUT2D eigenvalue weighted by atomic mass is 10.1. The van der Waals surface area contributed by atoms with E-state index in [0.717, 1.165) is 31.7 Å². The number of hydrogen-bond acceptors (Lipinski definition) is 6. The van der Waals surface area contributed by atoms with Crippen LogP contribution in [-0.2, 0) is 0 Å². The lowest BCUT2D eigenvalue weighted by Gasteiger charge is -2.19. The Kier molecular flexibility index (Phi) is 4.19. The summed E-state index contributed by atoms with van der Waals surface area (Å²) in [7, 11) is 0. The van der Waals surface area contributed by atoms with Crippen LogP contribution in [0.5, 0.6) is 5.88 Å². The van der Waals surface area contributed by atoms with Gasteiger partial charge in [-0.2, -0.15) is 4.98 Å². The summed E-state index contributed by atoms with van der Waals surface area (Å²) in [6, 6.07) is 0. The average molecular weight is 252 g/mol. The maximum atomic E-state index is 8.96. The predicted molar refractivity (Wildman–Crippen MR) is 69.6 cm³/mol. The highest BCUT2D eigenvalue weighted by Gasteiger charge is 2.25. The van der Waals surface area contributed by atoms with Crippen molar-refractivity contribution in [2.24, 2.45) is 5.92 Å². The second-order valence-electron chi connectivity index (χ2n) is 4.46. The van der Waals surface area contributed by atoms with E-state index in [1.807, 2.05) is 6.92 Å². The summed E-state index contributed by atoms with van der Waals surface area (Å²) in [6.07, 6.45) is 3.38. The van der Waals surface area contributed by atoms with E-state index in [1.54, 1.807) is 0 Å². The molecule has 2 rings (SSSR count). The van der Waals surface area contributed by atoms with E-state index in [1.165, 1.54) is 6.33 Å². The van der Waals surface area contributed by atoms with E-state index in [0.29, 0.717) is 24.1 Å². The minimum atomic E-state index is 0.238. The summed E-state index contributed by atoms with van der Waals surface area (Å²) < 4.78 is 5.37. The maximum Gasteiger partial charge on any atom is 0.242 e. The number of nitrogens with two attached hydrogens (primary N) is 1. The number of nitrogens with zero attached hydrogens (tertiary/aromatic N) is 3. The molecule has 1 unspecified atom stereocenters. The van der Waals surface area contributed by atoms with Crippen molar-refractivity contribution in [3.63, 3.8) is 0 Å². The molecule has 100 valence electrons. The Balaban J connectivity index is 2.12. The zero-order valence-corrected chi connectivity index (χ0v) is 10.7. The Bertz CT molecular complexity index is 400. The third-order valence-electron chi connectivity index (χ3n) is 3.23. The minimum Gasteiger partial charge on any atom is -0.476 e. The van der Waals surface area contributed by atoms with Gasteiger partial charge in [-0.15, -0.1) is 0 Å². The Labute approximate surface area is 107 Å². The molecule has 0 aromatic carbocycles. The highest BCUT2D eigenvalue weighted by Crippen LogP contribution is 2.32. The lowest BCUT2D eigenvalue weighted by Crippen LogP contribution is -2.23. The van der Waals surface area contributed by atoms with Crippen molar-refractivity contribution in [1.29, 1.82) is 0 Å². The molecule has 1 aromatic rings. The number of nitrogen functional groups attached to an aromatic ring is 1. The molecule has 2 heterocycles. The molecule has 6 nitrogen and oxygen atoms in total. The van der Waals surface area contributed by atoms with Crippen molar-refractivity contribution in [1.82, 2.24) is 9.97 Å². The number of anilines is 2. The van der Waals surface area contributed by atoms with E-state index in [2.05, 4.69) is 14.9 Å². The fourth-order valence-corrected chi connectivity index (χ4v) is 2.32. The Hall–Kier alpha value is -1.56. The molecule has 0 aliphatic carbocycles. The van der Waals surface area contributed by atoms with Gasteiger partial charge in [0.1, 0.15) is 12.0 Å². The predicted octanol–water partition coefficient (Wildman–Crippen LogP) is 0.666. The fourth-order valence-electron chi connectivity index (χ4n) is 2.32. The summed E-state index contributed by atoms with van der Waals surface area (Å²) in [4.78, 5) is 10.4. The molecule has 0 radical (unpaired) electrons. The zero-order chi connectivity index (χ0) is 13.0. The molecular formula is C12H20N4O2. The average Bonchev–Trinajstić information content (AvgIpc) is 2.81. The maximum absolute atomic E-state index is 8.96. The fraction of sp³-hybridized carbons (Fsp3) is 0.667. The Morgan fingerprint density at radius 3 is 3.11 bits per heavy atom. The zero-order valence-electron chi connectivity index (χ0n) is 10.7. The first-order chi connectivity index (χ1) is 8.76. The molecule has 0 spiro atoms. The second-order valence-corrected chi connectivity index (χ2v) is 4.46. The van der Waals surface area contributed by atoms with Crippen molar-refractivity contribution in [2.75, 3.05) is 36.9 Å². The van der Waals surface area contributed by atoms with Crippen molar-refractivity contribution in [2.45, 2.75) is 19.8 Å². The van der Waals surface area contributed by atoms with Gasteiger partial charge in [-0.1, -0.05) is 0 Å². The molecule has 1 fully saturated rings. The van der Waals surface area contributed by atoms with Crippen molar-refractivity contribution in [3.8, 4) is 5.88 Å². The molecule has 1 atom stereocenters. The monoisotopic (exact) mass is 252 g/mol. The van der Waals surface area contributed by atoms with Gasteiger partial charge in [-0.3, -0.25) is 0 Å². The lowest BCUT2D eigenvalue weighted by molar-refractivity contribution is 0.263. The highest BCUT2D eigenvalue weighted by molar-refractivity contribution is 5.68. The first-order valence-electron chi connectivity index (χ1n) is 6.35. The largest absolute Gasteiger partial charge is 0.476 e. The van der Waals surface area contributed by atoms with Gasteiger partial charge in [-0.05, 0) is 25.7 Å². The summed E-state index contributed by atoms with van der Waals surface area (Å²) in [6.45, 7) is 4.47. The van der Waals surface area contributed by atoms with Gasteiger partial charge in [0, 0.05) is 19.7 Å². The van der Waals surface area contributed by atoms with Gasteiger partial charge >= 0.3 is 0 Å². The highest BCUT2D eigenvalue weighted by atomic mass is 16.5. The normalized spacial score (nSPS) is 19.2. The molecule has 1 aliphatic heterocycles. The molecule has 1 aromatic heterocycles. The molecule has 18 heavy (non-hydrogen) atoms. The molecule has 0 bridgehead atoms. The number of aliphatic hydroxyl groups excluding tert-OH is 1. The van der Waals surface area contributed by atoms with E-state index in [-0.39, 0.29) is 6.61 Å². The topological polar surface area (TPSA) is 84.5 Å². The van der Waals surface area contributed by atoms with Gasteiger partial charge in [0.05, 0.1) is 6.61 Å². The van der Waals surface area contributed by atoms with Crippen molar-refractivity contribution < 1.29 is 9.84 Å². The van der Waals surface area contributed by atoms with Crippen LogP contribution in [0.15, 0.2) is 6.33 Å². The third-order valence-corrected chi connectivity index (χ3v) is 3.23. The Morgan fingerprint density at radius 2 is 2.39 bits per heavy atom. The van der Waals surface area contributed by atoms with Gasteiger partial charge in [-0.25, -0.2) is 4.98 Å². The van der Waals surface area contributed by atoms with Crippen LogP contribution in [0.1, 0.15) is 19.8 Å². The molecular weight excluding hydrogens is 232 g/mol. The van der Waals surface area contributed by atoms with E-state index in [9.17, 15) is 0 Å². The second kappa shape index (κ2) is 5.86. The van der Waals surface area contributed by atoms with E-state index in [4.69, 9.17) is 15.6 Å². The number of ether oxygens (including phenoxy) is 1. The van der Waals surface area contributed by atoms with Crippen LogP contribution in [0, 0.1) is 5.92 Å². The van der Waals surface area contributed by atoms with Gasteiger partial charge in [0.2, 0.25) is 5.88 Å². The van der Waals surface area contributed by atoms with Crippen LogP contribution in [0.2, 0.25) is 0 Å². The van der Waals surface area contributed by atoms with Crippen LogP contribution < -0.4 is 15.4 Å². The van der Waals surface area contributed by atoms with Gasteiger partial charge in [0.15, 0.2) is 5.82 Å². The molecule has 3 N–H and O–H groups in total. The van der Waals surface area contributed by atoms with E-state index >= 15 is 0 Å². The summed E-state index contributed by atoms with van der Waals surface area (Å²) in [5, 5.41) is 8.96. The van der Waals surface area contributed by atoms with Crippen LogP contribution in [0.25, 0.3) is 0 Å². The SMILES string of the molecule is CCOc1ncnc(N2CCC(CCO)C2)c1N. The quantitative estimate of drug-likeness (QED) is 0.801. The molecule has 0 amide bonds. The van der Waals surface area contributed by atoms with Gasteiger partial charge < -0.3 is 20.5 Å². The van der Waals surface area contributed by atoms with E-state index < -0.39 is 0 Å².